The smallest absolute Gasteiger partial charge is 0.375 e. The summed E-state index contributed by atoms with van der Waals surface area (Å²) in [7, 11) is 0. The standard InChI is InChI=1S/C17H21F6N3O3/c1-5-26(29-12-7-10(2)6-11(8-12)17(21,22)23)14(28)25-15(3,4)13(27)24-9-16(18,19)20/h6-8H,5,9H2,1-4H3,(H,24,27)(H,25,28). The van der Waals surface area contributed by atoms with E-state index in [1.165, 1.54) is 33.8 Å². The molecule has 1 rings (SSSR count). The molecule has 1 aromatic carbocycles. The van der Waals surface area contributed by atoms with E-state index in [4.69, 9.17) is 4.84 Å². The fourth-order valence-corrected chi connectivity index (χ4v) is 2.13. The summed E-state index contributed by atoms with van der Waals surface area (Å²) < 4.78 is 75.5. The molecule has 0 unspecified atom stereocenters. The zero-order valence-corrected chi connectivity index (χ0v) is 16.1. The molecular weight excluding hydrogens is 408 g/mol. The van der Waals surface area contributed by atoms with Gasteiger partial charge in [-0.25, -0.2) is 4.79 Å². The molecule has 0 saturated heterocycles. The number of halogens is 6. The molecule has 3 amide bonds. The minimum absolute atomic E-state index is 0.124. The summed E-state index contributed by atoms with van der Waals surface area (Å²) in [4.78, 5) is 29.4. The molecule has 0 fully saturated rings. The lowest BCUT2D eigenvalue weighted by atomic mass is 10.1. The number of aryl methyl sites for hydroxylation is 1. The first-order chi connectivity index (χ1) is 13.0. The Balaban J connectivity index is 2.89. The maximum Gasteiger partial charge on any atom is 0.416 e. The molecule has 12 heteroatoms. The van der Waals surface area contributed by atoms with Crippen LogP contribution in [0.1, 0.15) is 31.9 Å². The van der Waals surface area contributed by atoms with Gasteiger partial charge in [-0.2, -0.15) is 31.4 Å². The highest BCUT2D eigenvalue weighted by Gasteiger charge is 2.35. The van der Waals surface area contributed by atoms with Crippen LogP contribution in [-0.2, 0) is 11.0 Å². The van der Waals surface area contributed by atoms with Crippen LogP contribution < -0.4 is 15.5 Å². The molecule has 0 aromatic heterocycles. The monoisotopic (exact) mass is 429 g/mol. The first-order valence-corrected chi connectivity index (χ1v) is 8.36. The van der Waals surface area contributed by atoms with Crippen LogP contribution in [0, 0.1) is 6.92 Å². The van der Waals surface area contributed by atoms with E-state index in [2.05, 4.69) is 5.32 Å². The van der Waals surface area contributed by atoms with Crippen molar-refractivity contribution in [3.05, 3.63) is 29.3 Å². The van der Waals surface area contributed by atoms with Crippen LogP contribution in [0.3, 0.4) is 0 Å². The fourth-order valence-electron chi connectivity index (χ4n) is 2.13. The molecule has 0 heterocycles. The van der Waals surface area contributed by atoms with Crippen LogP contribution in [-0.4, -0.2) is 41.8 Å². The number of alkyl halides is 6. The Labute approximate surface area is 163 Å². The third-order valence-corrected chi connectivity index (χ3v) is 3.54. The van der Waals surface area contributed by atoms with Crippen LogP contribution in [0.5, 0.6) is 5.75 Å². The van der Waals surface area contributed by atoms with Gasteiger partial charge in [-0.3, -0.25) is 4.79 Å². The summed E-state index contributed by atoms with van der Waals surface area (Å²) in [6, 6.07) is 1.85. The Morgan fingerprint density at radius 3 is 2.14 bits per heavy atom. The number of rotatable bonds is 6. The second kappa shape index (κ2) is 8.78. The number of hydroxylamine groups is 2. The molecule has 0 atom stereocenters. The van der Waals surface area contributed by atoms with Crippen molar-refractivity contribution in [2.45, 2.75) is 45.6 Å². The van der Waals surface area contributed by atoms with Crippen molar-refractivity contribution in [3.63, 3.8) is 0 Å². The van der Waals surface area contributed by atoms with Gasteiger partial charge in [0, 0.05) is 0 Å². The number of benzene rings is 1. The van der Waals surface area contributed by atoms with E-state index in [0.29, 0.717) is 11.1 Å². The van der Waals surface area contributed by atoms with Gasteiger partial charge < -0.3 is 15.5 Å². The molecule has 0 aliphatic carbocycles. The first kappa shape index (κ1) is 24.4. The molecule has 0 radical (unpaired) electrons. The zero-order valence-electron chi connectivity index (χ0n) is 16.1. The minimum Gasteiger partial charge on any atom is -0.375 e. The number of nitrogens with one attached hydrogen (secondary N) is 2. The molecule has 1 aromatic rings. The number of carbonyl (C=O) groups is 2. The summed E-state index contributed by atoms with van der Waals surface area (Å²) in [5.41, 5.74) is -2.49. The molecule has 0 aliphatic rings. The molecule has 0 spiro atoms. The number of urea groups is 1. The Morgan fingerprint density at radius 1 is 1.07 bits per heavy atom. The SMILES string of the molecule is CCN(Oc1cc(C)cc(C(F)(F)F)c1)C(=O)NC(C)(C)C(=O)NCC(F)(F)F. The Kier molecular flexibility index (Phi) is 7.38. The normalized spacial score (nSPS) is 12.3. The molecule has 0 bridgehead atoms. The Morgan fingerprint density at radius 2 is 1.66 bits per heavy atom. The minimum atomic E-state index is -4.63. The second-order valence-electron chi connectivity index (χ2n) is 6.67. The van der Waals surface area contributed by atoms with E-state index < -0.39 is 41.9 Å². The van der Waals surface area contributed by atoms with E-state index in [9.17, 15) is 35.9 Å². The van der Waals surface area contributed by atoms with E-state index >= 15 is 0 Å². The van der Waals surface area contributed by atoms with Crippen LogP contribution in [0.2, 0.25) is 0 Å². The summed E-state index contributed by atoms with van der Waals surface area (Å²) in [5, 5.41) is 4.47. The second-order valence-corrected chi connectivity index (χ2v) is 6.67. The maximum atomic E-state index is 12.9. The van der Waals surface area contributed by atoms with Gasteiger partial charge in [0.2, 0.25) is 5.91 Å². The highest BCUT2D eigenvalue weighted by Crippen LogP contribution is 2.32. The van der Waals surface area contributed by atoms with Crippen LogP contribution >= 0.6 is 0 Å². The van der Waals surface area contributed by atoms with Gasteiger partial charge in [0.25, 0.3) is 0 Å². The third-order valence-electron chi connectivity index (χ3n) is 3.54. The van der Waals surface area contributed by atoms with Crippen molar-refractivity contribution in [3.8, 4) is 5.75 Å². The fraction of sp³-hybridized carbons (Fsp3) is 0.529. The van der Waals surface area contributed by atoms with E-state index in [1.807, 2.05) is 0 Å². The van der Waals surface area contributed by atoms with Gasteiger partial charge in [-0.1, -0.05) is 0 Å². The lowest BCUT2D eigenvalue weighted by Gasteiger charge is -2.29. The number of amides is 3. The Hall–Kier alpha value is -2.66. The number of nitrogens with zero attached hydrogens (tertiary/aromatic N) is 1. The first-order valence-electron chi connectivity index (χ1n) is 8.36. The highest BCUT2D eigenvalue weighted by atomic mass is 19.4. The lowest BCUT2D eigenvalue weighted by molar-refractivity contribution is -0.141. The number of hydrogen-bond donors (Lipinski definition) is 2. The van der Waals surface area contributed by atoms with Crippen molar-refractivity contribution in [1.29, 1.82) is 0 Å². The van der Waals surface area contributed by atoms with Crippen molar-refractivity contribution >= 4 is 11.9 Å². The molecule has 0 aliphatic heterocycles. The molecule has 164 valence electrons. The van der Waals surface area contributed by atoms with E-state index in [1.54, 1.807) is 5.32 Å². The largest absolute Gasteiger partial charge is 0.416 e. The third kappa shape index (κ3) is 7.70. The molecule has 6 nitrogen and oxygen atoms in total. The van der Waals surface area contributed by atoms with Gasteiger partial charge in [-0.05, 0) is 51.5 Å². The zero-order chi connectivity index (χ0) is 22.6. The van der Waals surface area contributed by atoms with Crippen molar-refractivity contribution in [2.24, 2.45) is 0 Å². The number of carbonyl (C=O) groups excluding carboxylic acids is 2. The van der Waals surface area contributed by atoms with Crippen molar-refractivity contribution in [2.75, 3.05) is 13.1 Å². The topological polar surface area (TPSA) is 70.7 Å². The molecule has 0 saturated carbocycles. The van der Waals surface area contributed by atoms with Gasteiger partial charge in [0.1, 0.15) is 12.1 Å². The average Bonchev–Trinajstić information content (AvgIpc) is 2.54. The van der Waals surface area contributed by atoms with Gasteiger partial charge in [0.05, 0.1) is 12.1 Å². The molecule has 29 heavy (non-hydrogen) atoms. The van der Waals surface area contributed by atoms with Gasteiger partial charge in [-0.15, -0.1) is 0 Å². The van der Waals surface area contributed by atoms with Crippen molar-refractivity contribution in [1.82, 2.24) is 15.7 Å². The number of hydrogen-bond acceptors (Lipinski definition) is 3. The predicted octanol–water partition coefficient (Wildman–Crippen LogP) is 3.80. The summed E-state index contributed by atoms with van der Waals surface area (Å²) in [5.74, 6) is -1.37. The summed E-state index contributed by atoms with van der Waals surface area (Å²) >= 11 is 0. The Bertz CT molecular complexity index is 747. The molecule has 2 N–H and O–H groups in total. The van der Waals surface area contributed by atoms with Crippen LogP contribution in [0.25, 0.3) is 0 Å². The maximum absolute atomic E-state index is 12.9. The van der Waals surface area contributed by atoms with E-state index in [-0.39, 0.29) is 17.9 Å². The average molecular weight is 429 g/mol. The highest BCUT2D eigenvalue weighted by molar-refractivity contribution is 5.90. The van der Waals surface area contributed by atoms with Crippen LogP contribution in [0.4, 0.5) is 31.1 Å². The quantitative estimate of drug-likeness (QED) is 0.534. The summed E-state index contributed by atoms with van der Waals surface area (Å²) in [6.07, 6.45) is -9.25. The summed E-state index contributed by atoms with van der Waals surface area (Å²) in [6.45, 7) is 3.49. The van der Waals surface area contributed by atoms with Crippen molar-refractivity contribution < 1.29 is 40.8 Å². The molecular formula is C17H21F6N3O3. The van der Waals surface area contributed by atoms with Gasteiger partial charge >= 0.3 is 18.4 Å². The lowest BCUT2D eigenvalue weighted by Crippen LogP contribution is -2.59. The van der Waals surface area contributed by atoms with Crippen LogP contribution in [0.15, 0.2) is 18.2 Å². The van der Waals surface area contributed by atoms with Gasteiger partial charge in [0.15, 0.2) is 5.75 Å². The van der Waals surface area contributed by atoms with E-state index in [0.717, 1.165) is 6.07 Å². The predicted molar refractivity (Wildman–Crippen MR) is 90.9 cm³/mol.